The van der Waals surface area contributed by atoms with E-state index in [0.717, 1.165) is 39.3 Å². The first-order valence-electron chi connectivity index (χ1n) is 8.05. The van der Waals surface area contributed by atoms with E-state index in [9.17, 15) is 0 Å². The predicted octanol–water partition coefficient (Wildman–Crippen LogP) is 4.06. The van der Waals surface area contributed by atoms with Crippen LogP contribution in [0.2, 0.25) is 0 Å². The van der Waals surface area contributed by atoms with Gasteiger partial charge in [0, 0.05) is 11.9 Å². The van der Waals surface area contributed by atoms with E-state index >= 15 is 0 Å². The van der Waals surface area contributed by atoms with Crippen LogP contribution in [-0.2, 0) is 20.0 Å². The van der Waals surface area contributed by atoms with E-state index in [1.807, 2.05) is 0 Å². The fourth-order valence-corrected chi connectivity index (χ4v) is 3.84. The largest absolute Gasteiger partial charge is 0.362 e. The van der Waals surface area contributed by atoms with Crippen LogP contribution >= 0.6 is 11.3 Å². The monoisotopic (exact) mass is 337 g/mol. The Morgan fingerprint density at radius 3 is 2.92 bits per heavy atom. The summed E-state index contributed by atoms with van der Waals surface area (Å²) >= 11 is 1.73. The van der Waals surface area contributed by atoms with Crippen LogP contribution in [0, 0.1) is 6.92 Å². The molecule has 0 bridgehead atoms. The average molecular weight is 337 g/mol. The Kier molecular flexibility index (Phi) is 3.69. The first-order valence-corrected chi connectivity index (χ1v) is 8.86. The molecule has 0 amide bonds. The molecule has 0 spiro atoms. The Hall–Kier alpha value is -2.47. The lowest BCUT2D eigenvalue weighted by Gasteiger charge is -2.06. The molecule has 24 heavy (non-hydrogen) atoms. The molecular weight excluding hydrogens is 318 g/mol. The van der Waals surface area contributed by atoms with Crippen LogP contribution in [0.4, 0.5) is 5.82 Å². The number of hydrogen-bond acceptors (Lipinski definition) is 5. The van der Waals surface area contributed by atoms with Crippen molar-refractivity contribution in [2.24, 2.45) is 7.05 Å². The standard InChI is InChI=1S/C18H19N5S/c1-4-12-8-13-17(20-10-21-18(13)24-12)19-9-16-22-14-7-11(2)5-6-15(14)23(16)3/h5-8,10H,4,9H2,1-3H3,(H,19,20,21). The minimum Gasteiger partial charge on any atom is -0.362 e. The second-order valence-electron chi connectivity index (χ2n) is 5.94. The van der Waals surface area contributed by atoms with Gasteiger partial charge in [0.15, 0.2) is 0 Å². The van der Waals surface area contributed by atoms with Crippen LogP contribution in [-0.4, -0.2) is 19.5 Å². The molecule has 0 saturated heterocycles. The predicted molar refractivity (Wildman–Crippen MR) is 99.6 cm³/mol. The Morgan fingerprint density at radius 1 is 1.21 bits per heavy atom. The van der Waals surface area contributed by atoms with Crippen molar-refractivity contribution < 1.29 is 0 Å². The molecule has 5 nitrogen and oxygen atoms in total. The van der Waals surface area contributed by atoms with E-state index in [2.05, 4.69) is 65.0 Å². The number of rotatable bonds is 4. The Labute approximate surface area is 144 Å². The lowest BCUT2D eigenvalue weighted by Crippen LogP contribution is -2.07. The molecular formula is C18H19N5S. The minimum absolute atomic E-state index is 0.633. The van der Waals surface area contributed by atoms with E-state index < -0.39 is 0 Å². The maximum Gasteiger partial charge on any atom is 0.138 e. The highest BCUT2D eigenvalue weighted by Crippen LogP contribution is 2.28. The number of fused-ring (bicyclic) bond motifs is 2. The smallest absolute Gasteiger partial charge is 0.138 e. The van der Waals surface area contributed by atoms with Crippen molar-refractivity contribution in [3.63, 3.8) is 0 Å². The average Bonchev–Trinajstić information content (AvgIpc) is 3.14. The number of imidazole rings is 1. The third kappa shape index (κ3) is 2.53. The number of aryl methyl sites for hydroxylation is 3. The van der Waals surface area contributed by atoms with Gasteiger partial charge in [-0.1, -0.05) is 13.0 Å². The van der Waals surface area contributed by atoms with Crippen molar-refractivity contribution in [2.75, 3.05) is 5.32 Å². The van der Waals surface area contributed by atoms with Crippen molar-refractivity contribution in [1.82, 2.24) is 19.5 Å². The van der Waals surface area contributed by atoms with Crippen molar-refractivity contribution in [3.05, 3.63) is 46.9 Å². The number of nitrogens with one attached hydrogen (secondary N) is 1. The van der Waals surface area contributed by atoms with Crippen LogP contribution in [0.5, 0.6) is 0 Å². The second-order valence-corrected chi connectivity index (χ2v) is 7.06. The lowest BCUT2D eigenvalue weighted by molar-refractivity contribution is 0.832. The van der Waals surface area contributed by atoms with E-state index in [4.69, 9.17) is 4.98 Å². The van der Waals surface area contributed by atoms with Gasteiger partial charge in [-0.3, -0.25) is 0 Å². The fourth-order valence-electron chi connectivity index (χ4n) is 2.90. The maximum absolute atomic E-state index is 4.75. The SMILES string of the molecule is CCc1cc2c(NCc3nc4cc(C)ccc4n3C)ncnc2s1. The quantitative estimate of drug-likeness (QED) is 0.610. The first-order chi connectivity index (χ1) is 11.7. The summed E-state index contributed by atoms with van der Waals surface area (Å²) in [6, 6.07) is 8.54. The Morgan fingerprint density at radius 2 is 2.08 bits per heavy atom. The van der Waals surface area contributed by atoms with Crippen LogP contribution < -0.4 is 5.32 Å². The third-order valence-corrected chi connectivity index (χ3v) is 5.46. The topological polar surface area (TPSA) is 55.6 Å². The molecule has 3 heterocycles. The normalized spacial score (nSPS) is 11.5. The van der Waals surface area contributed by atoms with Gasteiger partial charge < -0.3 is 9.88 Å². The highest BCUT2D eigenvalue weighted by molar-refractivity contribution is 7.18. The van der Waals surface area contributed by atoms with Crippen LogP contribution in [0.1, 0.15) is 23.2 Å². The van der Waals surface area contributed by atoms with Gasteiger partial charge >= 0.3 is 0 Å². The van der Waals surface area contributed by atoms with Crippen LogP contribution in [0.3, 0.4) is 0 Å². The zero-order valence-electron chi connectivity index (χ0n) is 14.0. The molecule has 122 valence electrons. The summed E-state index contributed by atoms with van der Waals surface area (Å²) in [5.41, 5.74) is 3.41. The number of thiophene rings is 1. The number of nitrogens with zero attached hydrogens (tertiary/aromatic N) is 4. The second kappa shape index (κ2) is 5.87. The molecule has 0 saturated carbocycles. The molecule has 3 aromatic heterocycles. The van der Waals surface area contributed by atoms with E-state index in [-0.39, 0.29) is 0 Å². The van der Waals surface area contributed by atoms with Gasteiger partial charge in [0.05, 0.1) is 23.0 Å². The third-order valence-electron chi connectivity index (χ3n) is 4.27. The summed E-state index contributed by atoms with van der Waals surface area (Å²) in [5.74, 6) is 1.87. The van der Waals surface area contributed by atoms with Gasteiger partial charge in [-0.2, -0.15) is 0 Å². The van der Waals surface area contributed by atoms with Crippen molar-refractivity contribution in [2.45, 2.75) is 26.8 Å². The van der Waals surface area contributed by atoms with Crippen molar-refractivity contribution in [1.29, 1.82) is 0 Å². The Balaban J connectivity index is 1.65. The number of hydrogen-bond donors (Lipinski definition) is 1. The van der Waals surface area contributed by atoms with Gasteiger partial charge in [-0.25, -0.2) is 15.0 Å². The molecule has 0 radical (unpaired) electrons. The highest BCUT2D eigenvalue weighted by atomic mass is 32.1. The molecule has 0 aliphatic heterocycles. The van der Waals surface area contributed by atoms with Gasteiger partial charge in [-0.15, -0.1) is 11.3 Å². The molecule has 0 aliphatic carbocycles. The summed E-state index contributed by atoms with van der Waals surface area (Å²) in [6.45, 7) is 4.88. The number of aromatic nitrogens is 4. The molecule has 4 aromatic rings. The molecule has 4 rings (SSSR count). The van der Waals surface area contributed by atoms with Crippen LogP contribution in [0.15, 0.2) is 30.6 Å². The molecule has 0 fully saturated rings. The number of anilines is 1. The zero-order valence-corrected chi connectivity index (χ0v) is 14.8. The highest BCUT2D eigenvalue weighted by Gasteiger charge is 2.11. The minimum atomic E-state index is 0.633. The zero-order chi connectivity index (χ0) is 16.7. The molecule has 0 atom stereocenters. The summed E-state index contributed by atoms with van der Waals surface area (Å²) < 4.78 is 2.13. The summed E-state index contributed by atoms with van der Waals surface area (Å²) in [7, 11) is 2.05. The van der Waals surface area contributed by atoms with Gasteiger partial charge in [0.1, 0.15) is 22.8 Å². The van der Waals surface area contributed by atoms with Gasteiger partial charge in [0.25, 0.3) is 0 Å². The van der Waals surface area contributed by atoms with Gasteiger partial charge in [-0.05, 0) is 37.1 Å². The molecule has 0 unspecified atom stereocenters. The van der Waals surface area contributed by atoms with Crippen molar-refractivity contribution >= 4 is 38.4 Å². The Bertz CT molecular complexity index is 1030. The molecule has 6 heteroatoms. The summed E-state index contributed by atoms with van der Waals surface area (Å²) in [6.07, 6.45) is 2.64. The lowest BCUT2D eigenvalue weighted by atomic mass is 10.2. The summed E-state index contributed by atoms with van der Waals surface area (Å²) in [4.78, 5) is 15.9. The molecule has 1 N–H and O–H groups in total. The maximum atomic E-state index is 4.75. The first kappa shape index (κ1) is 15.1. The van der Waals surface area contributed by atoms with Crippen LogP contribution in [0.25, 0.3) is 21.3 Å². The van der Waals surface area contributed by atoms with Crippen molar-refractivity contribution in [3.8, 4) is 0 Å². The molecule has 1 aromatic carbocycles. The van der Waals surface area contributed by atoms with Gasteiger partial charge in [0.2, 0.25) is 0 Å². The van der Waals surface area contributed by atoms with E-state index in [1.54, 1.807) is 17.7 Å². The van der Waals surface area contributed by atoms with E-state index in [1.165, 1.54) is 10.4 Å². The summed E-state index contributed by atoms with van der Waals surface area (Å²) in [5, 5.41) is 4.52. The number of benzene rings is 1. The van der Waals surface area contributed by atoms with E-state index in [0.29, 0.717) is 6.54 Å². The molecule has 0 aliphatic rings. The fraction of sp³-hybridized carbons (Fsp3) is 0.278.